The Labute approximate surface area is 120 Å². The maximum atomic E-state index is 11.1. The lowest BCUT2D eigenvalue weighted by atomic mass is 10.1. The molecule has 0 spiro atoms. The van der Waals surface area contributed by atoms with E-state index in [4.69, 9.17) is 10.5 Å². The van der Waals surface area contributed by atoms with Gasteiger partial charge in [0, 0.05) is 24.1 Å². The van der Waals surface area contributed by atoms with Crippen molar-refractivity contribution in [1.82, 2.24) is 4.90 Å². The van der Waals surface area contributed by atoms with Crippen LogP contribution in [-0.2, 0) is 9.53 Å². The molecule has 1 aliphatic rings. The normalized spacial score (nSPS) is 22.1. The first-order valence-electron chi connectivity index (χ1n) is 6.13. The van der Waals surface area contributed by atoms with Crippen molar-refractivity contribution in [2.75, 3.05) is 26.2 Å². The van der Waals surface area contributed by atoms with E-state index in [-0.39, 0.29) is 0 Å². The fourth-order valence-corrected chi connectivity index (χ4v) is 2.34. The molecular weight excluding hydrogens is 312 g/mol. The predicted octanol–water partition coefficient (Wildman–Crippen LogP) is 0.669. The average Bonchev–Trinajstić information content (AvgIpc) is 2.39. The van der Waals surface area contributed by atoms with E-state index in [9.17, 15) is 9.90 Å². The molecule has 2 rings (SSSR count). The molecule has 5 nitrogen and oxygen atoms in total. The van der Waals surface area contributed by atoms with Gasteiger partial charge in [-0.3, -0.25) is 9.69 Å². The SMILES string of the molecule is NC(=O)C1CN(CC(O)c2ccc(Br)cc2)CCO1. The number of aliphatic hydroxyl groups excluding tert-OH is 1. The van der Waals surface area contributed by atoms with Crippen LogP contribution in [0, 0.1) is 0 Å². The first kappa shape index (κ1) is 14.5. The van der Waals surface area contributed by atoms with Crippen LogP contribution >= 0.6 is 15.9 Å². The van der Waals surface area contributed by atoms with Crippen molar-refractivity contribution in [3.8, 4) is 0 Å². The molecule has 1 amide bonds. The zero-order valence-corrected chi connectivity index (χ0v) is 12.0. The number of halogens is 1. The first-order chi connectivity index (χ1) is 9.06. The number of β-amino-alcohol motifs (C(OH)–C–C–N with tert-alkyl or cyclic N) is 1. The average molecular weight is 329 g/mol. The number of carbonyl (C=O) groups excluding carboxylic acids is 1. The number of amides is 1. The van der Waals surface area contributed by atoms with Crippen LogP contribution in [0.2, 0.25) is 0 Å². The molecule has 1 aromatic carbocycles. The third kappa shape index (κ3) is 4.01. The van der Waals surface area contributed by atoms with Gasteiger partial charge in [-0.2, -0.15) is 0 Å². The molecule has 3 N–H and O–H groups in total. The Hall–Kier alpha value is -0.950. The second-order valence-corrected chi connectivity index (χ2v) is 5.50. The summed E-state index contributed by atoms with van der Waals surface area (Å²) in [4.78, 5) is 13.1. The van der Waals surface area contributed by atoms with Crippen molar-refractivity contribution >= 4 is 21.8 Å². The molecule has 0 saturated carbocycles. The Morgan fingerprint density at radius 2 is 2.21 bits per heavy atom. The number of aliphatic hydroxyl groups is 1. The van der Waals surface area contributed by atoms with Crippen LogP contribution in [0.3, 0.4) is 0 Å². The standard InChI is InChI=1S/C13H17BrN2O3/c14-10-3-1-9(2-4-10)11(17)7-16-5-6-19-12(8-16)13(15)18/h1-4,11-12,17H,5-8H2,(H2,15,18). The third-order valence-corrected chi connectivity index (χ3v) is 3.68. The molecule has 0 aliphatic carbocycles. The van der Waals surface area contributed by atoms with Gasteiger partial charge in [-0.1, -0.05) is 28.1 Å². The van der Waals surface area contributed by atoms with E-state index in [1.165, 1.54) is 0 Å². The Kier molecular flexibility index (Phi) is 4.93. The zero-order valence-electron chi connectivity index (χ0n) is 10.5. The number of morpholine rings is 1. The number of rotatable bonds is 4. The topological polar surface area (TPSA) is 75.8 Å². The molecule has 2 unspecified atom stereocenters. The van der Waals surface area contributed by atoms with Crippen LogP contribution in [0.5, 0.6) is 0 Å². The Morgan fingerprint density at radius 3 is 2.84 bits per heavy atom. The molecule has 1 aromatic rings. The molecule has 1 aliphatic heterocycles. The van der Waals surface area contributed by atoms with E-state index in [1.54, 1.807) is 0 Å². The minimum Gasteiger partial charge on any atom is -0.387 e. The van der Waals surface area contributed by atoms with Crippen LogP contribution in [0.25, 0.3) is 0 Å². The van der Waals surface area contributed by atoms with Gasteiger partial charge >= 0.3 is 0 Å². The van der Waals surface area contributed by atoms with E-state index in [0.717, 1.165) is 10.0 Å². The number of benzene rings is 1. The Morgan fingerprint density at radius 1 is 1.53 bits per heavy atom. The van der Waals surface area contributed by atoms with Gasteiger partial charge in [0.1, 0.15) is 6.10 Å². The van der Waals surface area contributed by atoms with E-state index >= 15 is 0 Å². The van der Waals surface area contributed by atoms with Crippen molar-refractivity contribution in [3.05, 3.63) is 34.3 Å². The molecule has 0 bridgehead atoms. The van der Waals surface area contributed by atoms with Gasteiger partial charge in [-0.25, -0.2) is 0 Å². The summed E-state index contributed by atoms with van der Waals surface area (Å²) in [6.45, 7) is 2.05. The number of carbonyl (C=O) groups is 1. The van der Waals surface area contributed by atoms with Gasteiger partial charge in [0.05, 0.1) is 12.7 Å². The second kappa shape index (κ2) is 6.47. The van der Waals surface area contributed by atoms with Gasteiger partial charge in [0.15, 0.2) is 0 Å². The van der Waals surface area contributed by atoms with Crippen LogP contribution in [0.1, 0.15) is 11.7 Å². The summed E-state index contributed by atoms with van der Waals surface area (Å²) in [5, 5.41) is 10.2. The molecule has 6 heteroatoms. The highest BCUT2D eigenvalue weighted by Crippen LogP contribution is 2.18. The molecule has 104 valence electrons. The van der Waals surface area contributed by atoms with Crippen LogP contribution in [0.4, 0.5) is 0 Å². The van der Waals surface area contributed by atoms with Crippen LogP contribution in [0.15, 0.2) is 28.7 Å². The molecule has 0 aromatic heterocycles. The number of primary amides is 1. The Balaban J connectivity index is 1.93. The maximum absolute atomic E-state index is 11.1. The summed E-state index contributed by atoms with van der Waals surface area (Å²) in [6, 6.07) is 7.54. The van der Waals surface area contributed by atoms with E-state index in [2.05, 4.69) is 15.9 Å². The third-order valence-electron chi connectivity index (χ3n) is 3.15. The van der Waals surface area contributed by atoms with E-state index in [0.29, 0.717) is 26.2 Å². The summed E-state index contributed by atoms with van der Waals surface area (Å²) in [6.07, 6.45) is -1.16. The minimum atomic E-state index is -0.584. The number of nitrogens with zero attached hydrogens (tertiary/aromatic N) is 1. The summed E-state index contributed by atoms with van der Waals surface area (Å²) in [5.74, 6) is -0.456. The van der Waals surface area contributed by atoms with Crippen LogP contribution in [-0.4, -0.2) is 48.3 Å². The van der Waals surface area contributed by atoms with E-state index < -0.39 is 18.1 Å². The quantitative estimate of drug-likeness (QED) is 0.851. The highest BCUT2D eigenvalue weighted by Gasteiger charge is 2.26. The van der Waals surface area contributed by atoms with Gasteiger partial charge in [0.2, 0.25) is 5.91 Å². The summed E-state index contributed by atoms with van der Waals surface area (Å²) >= 11 is 3.36. The monoisotopic (exact) mass is 328 g/mol. The molecule has 1 saturated heterocycles. The van der Waals surface area contributed by atoms with Crippen LogP contribution < -0.4 is 5.73 Å². The molecule has 0 radical (unpaired) electrons. The smallest absolute Gasteiger partial charge is 0.247 e. The summed E-state index contributed by atoms with van der Waals surface area (Å²) < 4.78 is 6.24. The number of nitrogens with two attached hydrogens (primary N) is 1. The number of ether oxygens (including phenoxy) is 1. The molecule has 19 heavy (non-hydrogen) atoms. The highest BCUT2D eigenvalue weighted by molar-refractivity contribution is 9.10. The number of hydrogen-bond acceptors (Lipinski definition) is 4. The van der Waals surface area contributed by atoms with Gasteiger partial charge in [0.25, 0.3) is 0 Å². The molecular formula is C13H17BrN2O3. The van der Waals surface area contributed by atoms with Crippen molar-refractivity contribution in [1.29, 1.82) is 0 Å². The molecule has 1 fully saturated rings. The van der Waals surface area contributed by atoms with Gasteiger partial charge in [-0.15, -0.1) is 0 Å². The molecule has 1 heterocycles. The highest BCUT2D eigenvalue weighted by atomic mass is 79.9. The fraction of sp³-hybridized carbons (Fsp3) is 0.462. The van der Waals surface area contributed by atoms with Gasteiger partial charge < -0.3 is 15.6 Å². The lowest BCUT2D eigenvalue weighted by molar-refractivity contribution is -0.135. The zero-order chi connectivity index (χ0) is 13.8. The fourth-order valence-electron chi connectivity index (χ4n) is 2.08. The largest absolute Gasteiger partial charge is 0.387 e. The number of hydrogen-bond donors (Lipinski definition) is 2. The summed E-state index contributed by atoms with van der Waals surface area (Å²) in [7, 11) is 0. The van der Waals surface area contributed by atoms with Gasteiger partial charge in [-0.05, 0) is 17.7 Å². The van der Waals surface area contributed by atoms with E-state index in [1.807, 2.05) is 29.2 Å². The van der Waals surface area contributed by atoms with Crippen molar-refractivity contribution in [2.45, 2.75) is 12.2 Å². The predicted molar refractivity (Wildman–Crippen MR) is 74.5 cm³/mol. The lowest BCUT2D eigenvalue weighted by Crippen LogP contribution is -2.49. The minimum absolute atomic E-state index is 0.433. The van der Waals surface area contributed by atoms with Crippen molar-refractivity contribution < 1.29 is 14.6 Å². The lowest BCUT2D eigenvalue weighted by Gasteiger charge is -2.32. The van der Waals surface area contributed by atoms with Crippen molar-refractivity contribution in [3.63, 3.8) is 0 Å². The first-order valence-corrected chi connectivity index (χ1v) is 6.92. The maximum Gasteiger partial charge on any atom is 0.247 e. The Bertz CT molecular complexity index is 438. The second-order valence-electron chi connectivity index (χ2n) is 4.59. The molecule has 2 atom stereocenters. The van der Waals surface area contributed by atoms with Crippen molar-refractivity contribution in [2.24, 2.45) is 5.73 Å². The summed E-state index contributed by atoms with van der Waals surface area (Å²) in [5.41, 5.74) is 6.08.